The number of ether oxygens (including phenoxy) is 1. The first-order valence-corrected chi connectivity index (χ1v) is 9.57. The van der Waals surface area contributed by atoms with Crippen molar-refractivity contribution < 1.29 is 14.3 Å². The second kappa shape index (κ2) is 9.40. The van der Waals surface area contributed by atoms with E-state index in [9.17, 15) is 9.59 Å². The fraction of sp³-hybridized carbons (Fsp3) is 0.895. The minimum absolute atomic E-state index is 0.0294. The molecule has 1 saturated carbocycles. The van der Waals surface area contributed by atoms with Gasteiger partial charge in [0.05, 0.1) is 6.54 Å². The molecule has 2 aliphatic rings. The maximum absolute atomic E-state index is 12.2. The molecule has 0 bridgehead atoms. The highest BCUT2D eigenvalue weighted by atomic mass is 16.5. The average molecular weight is 338 g/mol. The summed E-state index contributed by atoms with van der Waals surface area (Å²) in [5.74, 6) is 1.24. The molecule has 1 atom stereocenters. The molecule has 1 aliphatic heterocycles. The average Bonchev–Trinajstić information content (AvgIpc) is 2.57. The van der Waals surface area contributed by atoms with Crippen LogP contribution >= 0.6 is 0 Å². The van der Waals surface area contributed by atoms with E-state index in [0.717, 1.165) is 25.9 Å². The number of carbonyl (C=O) groups excluding carboxylic acids is 2. The summed E-state index contributed by atoms with van der Waals surface area (Å²) >= 11 is 0. The topological polar surface area (TPSA) is 49.9 Å². The second-order valence-electron chi connectivity index (χ2n) is 7.83. The van der Waals surface area contributed by atoms with Crippen LogP contribution in [-0.2, 0) is 14.3 Å². The summed E-state index contributed by atoms with van der Waals surface area (Å²) in [6, 6.07) is 0. The predicted molar refractivity (Wildman–Crippen MR) is 94.6 cm³/mol. The van der Waals surface area contributed by atoms with Crippen molar-refractivity contribution in [2.75, 3.05) is 33.7 Å². The van der Waals surface area contributed by atoms with Crippen molar-refractivity contribution in [2.45, 2.75) is 64.4 Å². The summed E-state index contributed by atoms with van der Waals surface area (Å²) < 4.78 is 5.69. The Morgan fingerprint density at radius 3 is 2.29 bits per heavy atom. The lowest BCUT2D eigenvalue weighted by molar-refractivity contribution is -0.153. The molecule has 1 saturated heterocycles. The quantitative estimate of drug-likeness (QED) is 0.699. The first-order valence-electron chi connectivity index (χ1n) is 9.57. The molecule has 1 amide bonds. The third kappa shape index (κ3) is 6.08. The molecule has 1 heterocycles. The van der Waals surface area contributed by atoms with Crippen LogP contribution in [0.4, 0.5) is 0 Å². The predicted octanol–water partition coefficient (Wildman–Crippen LogP) is 2.69. The summed E-state index contributed by atoms with van der Waals surface area (Å²) in [6.07, 6.45) is 8.78. The van der Waals surface area contributed by atoms with Crippen molar-refractivity contribution in [1.82, 2.24) is 9.80 Å². The normalized spacial score (nSPS) is 22.1. The number of piperidine rings is 1. The molecule has 0 spiro atoms. The van der Waals surface area contributed by atoms with Crippen molar-refractivity contribution >= 4 is 11.9 Å². The smallest absolute Gasteiger partial charge is 0.306 e. The highest BCUT2D eigenvalue weighted by Crippen LogP contribution is 2.31. The van der Waals surface area contributed by atoms with E-state index in [0.29, 0.717) is 24.8 Å². The first-order chi connectivity index (χ1) is 11.5. The van der Waals surface area contributed by atoms with Gasteiger partial charge < -0.3 is 9.64 Å². The molecule has 2 fully saturated rings. The van der Waals surface area contributed by atoms with Crippen molar-refractivity contribution in [3.63, 3.8) is 0 Å². The van der Waals surface area contributed by atoms with Crippen molar-refractivity contribution in [3.8, 4) is 0 Å². The Balaban J connectivity index is 1.65. The van der Waals surface area contributed by atoms with Crippen molar-refractivity contribution in [1.29, 1.82) is 0 Å². The van der Waals surface area contributed by atoms with Crippen LogP contribution in [0.3, 0.4) is 0 Å². The highest BCUT2D eigenvalue weighted by molar-refractivity contribution is 5.77. The van der Waals surface area contributed by atoms with Gasteiger partial charge >= 0.3 is 5.97 Å². The first kappa shape index (κ1) is 19.2. The van der Waals surface area contributed by atoms with Gasteiger partial charge in [-0.2, -0.15) is 0 Å². The van der Waals surface area contributed by atoms with Crippen LogP contribution in [0.5, 0.6) is 0 Å². The SMILES string of the molecule is CC(CC(=O)OC1CCN(CC(=O)N(C)C)CC1)C1CCCCC1. The Morgan fingerprint density at radius 1 is 1.08 bits per heavy atom. The molecule has 0 aromatic rings. The van der Waals surface area contributed by atoms with Gasteiger partial charge in [-0.1, -0.05) is 39.0 Å². The summed E-state index contributed by atoms with van der Waals surface area (Å²) in [6.45, 7) is 4.32. The van der Waals surface area contributed by atoms with Gasteiger partial charge in [-0.15, -0.1) is 0 Å². The molecule has 1 unspecified atom stereocenters. The molecule has 2 rings (SSSR count). The largest absolute Gasteiger partial charge is 0.462 e. The van der Waals surface area contributed by atoms with Crippen LogP contribution in [0.1, 0.15) is 58.3 Å². The Labute approximate surface area is 146 Å². The van der Waals surface area contributed by atoms with Gasteiger partial charge in [0, 0.05) is 33.6 Å². The van der Waals surface area contributed by atoms with Crippen molar-refractivity contribution in [2.24, 2.45) is 11.8 Å². The highest BCUT2D eigenvalue weighted by Gasteiger charge is 2.26. The molecule has 0 N–H and O–H groups in total. The fourth-order valence-electron chi connectivity index (χ4n) is 3.88. The molecule has 5 nitrogen and oxygen atoms in total. The molecule has 1 aliphatic carbocycles. The number of rotatable bonds is 6. The van der Waals surface area contributed by atoms with Gasteiger partial charge in [-0.25, -0.2) is 0 Å². The zero-order valence-electron chi connectivity index (χ0n) is 15.6. The molecular weight excluding hydrogens is 304 g/mol. The number of hydrogen-bond acceptors (Lipinski definition) is 4. The van der Waals surface area contributed by atoms with Gasteiger partial charge in [0.25, 0.3) is 0 Å². The Kier molecular flexibility index (Phi) is 7.53. The van der Waals surface area contributed by atoms with E-state index < -0.39 is 0 Å². The minimum Gasteiger partial charge on any atom is -0.462 e. The van der Waals surface area contributed by atoms with Gasteiger partial charge in [-0.3, -0.25) is 14.5 Å². The van der Waals surface area contributed by atoms with Crippen molar-refractivity contribution in [3.05, 3.63) is 0 Å². The molecule has 0 aromatic carbocycles. The van der Waals surface area contributed by atoms with E-state index in [4.69, 9.17) is 4.74 Å². The molecular formula is C19H34N2O3. The molecule has 24 heavy (non-hydrogen) atoms. The third-order valence-electron chi connectivity index (χ3n) is 5.63. The summed E-state index contributed by atoms with van der Waals surface area (Å²) in [5.41, 5.74) is 0. The standard InChI is InChI=1S/C19H34N2O3/c1-15(16-7-5-4-6-8-16)13-19(23)24-17-9-11-21(12-10-17)14-18(22)20(2)3/h15-17H,4-14H2,1-3H3. The fourth-order valence-corrected chi connectivity index (χ4v) is 3.88. The van der Waals surface area contributed by atoms with Crippen LogP contribution in [-0.4, -0.2) is 61.5 Å². The lowest BCUT2D eigenvalue weighted by Crippen LogP contribution is -2.43. The number of amides is 1. The van der Waals surface area contributed by atoms with Gasteiger partial charge in [0.1, 0.15) is 6.10 Å². The molecule has 0 aromatic heterocycles. The lowest BCUT2D eigenvalue weighted by Gasteiger charge is -2.32. The van der Waals surface area contributed by atoms with Crippen LogP contribution in [0.2, 0.25) is 0 Å². The van der Waals surface area contributed by atoms with E-state index in [1.54, 1.807) is 19.0 Å². The molecule has 0 radical (unpaired) electrons. The number of likely N-dealkylation sites (tertiary alicyclic amines) is 1. The zero-order chi connectivity index (χ0) is 17.5. The number of hydrogen-bond donors (Lipinski definition) is 0. The lowest BCUT2D eigenvalue weighted by atomic mass is 9.79. The number of carbonyl (C=O) groups is 2. The van der Waals surface area contributed by atoms with Gasteiger partial charge in [0.15, 0.2) is 0 Å². The maximum Gasteiger partial charge on any atom is 0.306 e. The van der Waals surface area contributed by atoms with E-state index in [2.05, 4.69) is 11.8 Å². The summed E-state index contributed by atoms with van der Waals surface area (Å²) in [4.78, 5) is 27.7. The summed E-state index contributed by atoms with van der Waals surface area (Å²) in [7, 11) is 3.56. The van der Waals surface area contributed by atoms with Gasteiger partial charge in [-0.05, 0) is 24.7 Å². The van der Waals surface area contributed by atoms with E-state index in [1.165, 1.54) is 32.1 Å². The van der Waals surface area contributed by atoms with E-state index in [-0.39, 0.29) is 18.0 Å². The van der Waals surface area contributed by atoms with Crippen LogP contribution in [0, 0.1) is 11.8 Å². The van der Waals surface area contributed by atoms with Gasteiger partial charge in [0.2, 0.25) is 5.91 Å². The second-order valence-corrected chi connectivity index (χ2v) is 7.83. The number of likely N-dealkylation sites (N-methyl/N-ethyl adjacent to an activating group) is 1. The Morgan fingerprint density at radius 2 is 1.71 bits per heavy atom. The number of nitrogens with zero attached hydrogens (tertiary/aromatic N) is 2. The van der Waals surface area contributed by atoms with E-state index in [1.807, 2.05) is 0 Å². The van der Waals surface area contributed by atoms with Crippen LogP contribution < -0.4 is 0 Å². The monoisotopic (exact) mass is 338 g/mol. The Hall–Kier alpha value is -1.10. The minimum atomic E-state index is -0.0316. The summed E-state index contributed by atoms with van der Waals surface area (Å²) in [5, 5.41) is 0. The number of esters is 1. The Bertz CT molecular complexity index is 411. The third-order valence-corrected chi connectivity index (χ3v) is 5.63. The molecule has 138 valence electrons. The molecule has 5 heteroatoms. The maximum atomic E-state index is 12.2. The zero-order valence-corrected chi connectivity index (χ0v) is 15.6. The van der Waals surface area contributed by atoms with Crippen LogP contribution in [0.25, 0.3) is 0 Å². The van der Waals surface area contributed by atoms with Crippen LogP contribution in [0.15, 0.2) is 0 Å². The van der Waals surface area contributed by atoms with E-state index >= 15 is 0 Å².